The van der Waals surface area contributed by atoms with Gasteiger partial charge in [-0.1, -0.05) is 24.3 Å². The van der Waals surface area contributed by atoms with E-state index in [1.165, 1.54) is 0 Å². The molecule has 0 amide bonds. The predicted octanol–water partition coefficient (Wildman–Crippen LogP) is 1.02. The molecule has 0 saturated heterocycles. The van der Waals surface area contributed by atoms with Gasteiger partial charge in [-0.15, -0.1) is 12.4 Å². The number of hydrogen-bond donors (Lipinski definition) is 1. The van der Waals surface area contributed by atoms with Crippen molar-refractivity contribution in [2.75, 3.05) is 0 Å². The Kier molecular flexibility index (Phi) is 3.38. The van der Waals surface area contributed by atoms with Crippen LogP contribution in [0.2, 0.25) is 0 Å². The fourth-order valence-corrected chi connectivity index (χ4v) is 1.62. The molecule has 1 aliphatic rings. The van der Waals surface area contributed by atoms with Crippen LogP contribution >= 0.6 is 12.4 Å². The standard InChI is InChI=1S/C10H9NO2.ClH/c12-6-9(13)10-8-4-2-1-3-7(8)5-11-10;/h1-4,6,10-11H,5H2;1H. The summed E-state index contributed by atoms with van der Waals surface area (Å²) in [6.45, 7) is 0.667. The Morgan fingerprint density at radius 3 is 2.86 bits per heavy atom. The summed E-state index contributed by atoms with van der Waals surface area (Å²) in [4.78, 5) is 21.5. The predicted molar refractivity (Wildman–Crippen MR) is 54.3 cm³/mol. The molecule has 1 heterocycles. The number of benzene rings is 1. The number of aldehydes is 1. The second-order valence-electron chi connectivity index (χ2n) is 3.03. The van der Waals surface area contributed by atoms with Crippen molar-refractivity contribution in [1.29, 1.82) is 0 Å². The Balaban J connectivity index is 0.000000980. The van der Waals surface area contributed by atoms with Gasteiger partial charge in [0, 0.05) is 6.54 Å². The molecule has 0 saturated carbocycles. The lowest BCUT2D eigenvalue weighted by Crippen LogP contribution is -2.22. The molecule has 2 rings (SSSR count). The van der Waals surface area contributed by atoms with Gasteiger partial charge < -0.3 is 0 Å². The van der Waals surface area contributed by atoms with Crippen LogP contribution < -0.4 is 5.32 Å². The first-order chi connectivity index (χ1) is 6.33. The van der Waals surface area contributed by atoms with Gasteiger partial charge in [0.1, 0.15) is 0 Å². The minimum absolute atomic E-state index is 0. The molecule has 14 heavy (non-hydrogen) atoms. The largest absolute Gasteiger partial charge is 0.299 e. The molecule has 0 radical (unpaired) electrons. The van der Waals surface area contributed by atoms with E-state index < -0.39 is 11.8 Å². The SMILES string of the molecule is Cl.O=CC(=O)C1NCc2ccccc21. The lowest BCUT2D eigenvalue weighted by atomic mass is 10.0. The van der Waals surface area contributed by atoms with Crippen LogP contribution in [0.15, 0.2) is 24.3 Å². The van der Waals surface area contributed by atoms with Gasteiger partial charge in [-0.25, -0.2) is 0 Å². The van der Waals surface area contributed by atoms with Crippen LogP contribution in [0.25, 0.3) is 0 Å². The van der Waals surface area contributed by atoms with Gasteiger partial charge in [0.15, 0.2) is 6.29 Å². The zero-order valence-corrected chi connectivity index (χ0v) is 8.21. The summed E-state index contributed by atoms with van der Waals surface area (Å²) >= 11 is 0. The highest BCUT2D eigenvalue weighted by Gasteiger charge is 2.26. The maximum atomic E-state index is 11.1. The van der Waals surface area contributed by atoms with Crippen molar-refractivity contribution in [3.63, 3.8) is 0 Å². The van der Waals surface area contributed by atoms with Crippen LogP contribution in [0, 0.1) is 0 Å². The Morgan fingerprint density at radius 1 is 1.43 bits per heavy atom. The van der Waals surface area contributed by atoms with Crippen molar-refractivity contribution in [3.8, 4) is 0 Å². The highest BCUT2D eigenvalue weighted by molar-refractivity contribution is 6.27. The smallest absolute Gasteiger partial charge is 0.216 e. The van der Waals surface area contributed by atoms with Crippen molar-refractivity contribution < 1.29 is 9.59 Å². The molecule has 4 heteroatoms. The van der Waals surface area contributed by atoms with Gasteiger partial charge in [0.25, 0.3) is 0 Å². The van der Waals surface area contributed by atoms with Crippen molar-refractivity contribution in [3.05, 3.63) is 35.4 Å². The van der Waals surface area contributed by atoms with Gasteiger partial charge in [-0.3, -0.25) is 14.9 Å². The molecule has 0 bridgehead atoms. The van der Waals surface area contributed by atoms with Gasteiger partial charge in [-0.05, 0) is 11.1 Å². The first-order valence-electron chi connectivity index (χ1n) is 4.13. The van der Waals surface area contributed by atoms with Crippen molar-refractivity contribution in [2.24, 2.45) is 0 Å². The van der Waals surface area contributed by atoms with Crippen LogP contribution in [-0.2, 0) is 16.1 Å². The minimum atomic E-state index is -0.423. The second kappa shape index (κ2) is 4.35. The Labute approximate surface area is 87.9 Å². The van der Waals surface area contributed by atoms with E-state index >= 15 is 0 Å². The lowest BCUT2D eigenvalue weighted by Gasteiger charge is -2.05. The molecule has 1 atom stereocenters. The van der Waals surface area contributed by atoms with E-state index in [0.717, 1.165) is 11.1 Å². The third-order valence-electron chi connectivity index (χ3n) is 2.26. The molecule has 1 N–H and O–H groups in total. The molecule has 0 aromatic heterocycles. The van der Waals surface area contributed by atoms with E-state index in [4.69, 9.17) is 0 Å². The number of ketones is 1. The van der Waals surface area contributed by atoms with Crippen molar-refractivity contribution >= 4 is 24.5 Å². The average molecular weight is 212 g/mol. The van der Waals surface area contributed by atoms with Gasteiger partial charge in [-0.2, -0.15) is 0 Å². The van der Waals surface area contributed by atoms with Crippen LogP contribution in [-0.4, -0.2) is 12.1 Å². The first-order valence-corrected chi connectivity index (χ1v) is 4.13. The molecular weight excluding hydrogens is 202 g/mol. The summed E-state index contributed by atoms with van der Waals surface area (Å²) in [7, 11) is 0. The highest BCUT2D eigenvalue weighted by atomic mass is 35.5. The van der Waals surface area contributed by atoms with E-state index in [2.05, 4.69) is 5.32 Å². The first kappa shape index (κ1) is 10.9. The van der Waals surface area contributed by atoms with Gasteiger partial charge in [0.05, 0.1) is 6.04 Å². The maximum absolute atomic E-state index is 11.1. The molecule has 1 aliphatic heterocycles. The number of hydrogen-bond acceptors (Lipinski definition) is 3. The summed E-state index contributed by atoms with van der Waals surface area (Å²) in [5.74, 6) is -0.398. The summed E-state index contributed by atoms with van der Waals surface area (Å²) < 4.78 is 0. The summed E-state index contributed by atoms with van der Waals surface area (Å²) in [5.41, 5.74) is 2.03. The minimum Gasteiger partial charge on any atom is -0.299 e. The molecule has 3 nitrogen and oxygen atoms in total. The number of carbonyl (C=O) groups excluding carboxylic acids is 2. The average Bonchev–Trinajstić information content (AvgIpc) is 2.60. The number of carbonyl (C=O) groups is 2. The van der Waals surface area contributed by atoms with Crippen molar-refractivity contribution in [1.82, 2.24) is 5.32 Å². The van der Waals surface area contributed by atoms with Crippen LogP contribution in [0.3, 0.4) is 0 Å². The third kappa shape index (κ3) is 1.69. The molecule has 74 valence electrons. The molecule has 0 spiro atoms. The van der Waals surface area contributed by atoms with Crippen molar-refractivity contribution in [2.45, 2.75) is 12.6 Å². The second-order valence-corrected chi connectivity index (χ2v) is 3.03. The van der Waals surface area contributed by atoms with Gasteiger partial charge in [0.2, 0.25) is 5.78 Å². The summed E-state index contributed by atoms with van der Waals surface area (Å²) in [6, 6.07) is 7.21. The molecule has 1 unspecified atom stereocenters. The fraction of sp³-hybridized carbons (Fsp3) is 0.200. The van der Waals surface area contributed by atoms with Gasteiger partial charge >= 0.3 is 0 Å². The number of rotatable bonds is 2. The Bertz CT molecular complexity index is 365. The fourth-order valence-electron chi connectivity index (χ4n) is 1.62. The van der Waals surface area contributed by atoms with E-state index in [1.807, 2.05) is 24.3 Å². The topological polar surface area (TPSA) is 46.2 Å². The lowest BCUT2D eigenvalue weighted by molar-refractivity contribution is -0.131. The van der Waals surface area contributed by atoms with E-state index in [1.54, 1.807) is 0 Å². The monoisotopic (exact) mass is 211 g/mol. The van der Waals surface area contributed by atoms with E-state index in [0.29, 0.717) is 12.8 Å². The quantitative estimate of drug-likeness (QED) is 0.587. The Hall–Kier alpha value is -1.19. The summed E-state index contributed by atoms with van der Waals surface area (Å²) in [5, 5.41) is 2.99. The number of nitrogens with one attached hydrogen (secondary N) is 1. The zero-order valence-electron chi connectivity index (χ0n) is 7.40. The number of Topliss-reactive ketones (excluding diaryl/α,β-unsaturated/α-hetero) is 1. The summed E-state index contributed by atoms with van der Waals surface area (Å²) in [6.07, 6.45) is 0.375. The zero-order chi connectivity index (χ0) is 9.26. The van der Waals surface area contributed by atoms with Crippen LogP contribution in [0.1, 0.15) is 17.2 Å². The highest BCUT2D eigenvalue weighted by Crippen LogP contribution is 2.24. The number of fused-ring (bicyclic) bond motifs is 1. The molecule has 1 aromatic carbocycles. The molecule has 1 aromatic rings. The third-order valence-corrected chi connectivity index (χ3v) is 2.26. The normalized spacial score (nSPS) is 18.1. The van der Waals surface area contributed by atoms with Crippen LogP contribution in [0.4, 0.5) is 0 Å². The molecule has 0 fully saturated rings. The molecular formula is C10H10ClNO2. The van der Waals surface area contributed by atoms with E-state index in [-0.39, 0.29) is 12.4 Å². The maximum Gasteiger partial charge on any atom is 0.216 e. The number of halogens is 1. The van der Waals surface area contributed by atoms with Crippen LogP contribution in [0.5, 0.6) is 0 Å². The van der Waals surface area contributed by atoms with E-state index in [9.17, 15) is 9.59 Å². The Morgan fingerprint density at radius 2 is 2.14 bits per heavy atom. The molecule has 0 aliphatic carbocycles.